The van der Waals surface area contributed by atoms with Crippen molar-refractivity contribution in [2.75, 3.05) is 12.3 Å². The van der Waals surface area contributed by atoms with Crippen molar-refractivity contribution in [1.82, 2.24) is 10.6 Å². The third kappa shape index (κ3) is 8.02. The van der Waals surface area contributed by atoms with E-state index >= 15 is 0 Å². The monoisotopic (exact) mass is 909 g/mol. The van der Waals surface area contributed by atoms with E-state index < -0.39 is 58.8 Å². The zero-order chi connectivity index (χ0) is 46.4. The van der Waals surface area contributed by atoms with Gasteiger partial charge in [0, 0.05) is 56.3 Å². The number of carboxylic acids is 3. The number of ether oxygens (including phenoxy) is 1. The Hall–Kier alpha value is -8.58. The van der Waals surface area contributed by atoms with Gasteiger partial charge in [0.25, 0.3) is 11.8 Å². The zero-order valence-corrected chi connectivity index (χ0v) is 34.7. The largest absolute Gasteiger partial charge is 0.508 e. The summed E-state index contributed by atoms with van der Waals surface area (Å²) in [5.41, 5.74) is 5.86. The molecule has 2 heterocycles. The number of phenolic OH excluding ortho intramolecular Hbond substituents is 1. The first-order chi connectivity index (χ1) is 31.0. The number of amides is 2. The summed E-state index contributed by atoms with van der Waals surface area (Å²) in [5.74, 6) is -0.804. The van der Waals surface area contributed by atoms with Crippen LogP contribution in [0.15, 0.2) is 100 Å². The minimum atomic E-state index is -1.48. The number of carboxylic acid groups (broad SMARTS) is 3. The Morgan fingerprint density at radius 1 is 0.754 bits per heavy atom. The number of anilines is 1. The van der Waals surface area contributed by atoms with E-state index in [1.165, 1.54) is 48.5 Å². The Morgan fingerprint density at radius 3 is 2.25 bits per heavy atom. The van der Waals surface area contributed by atoms with E-state index in [1.807, 2.05) is 0 Å². The maximum absolute atomic E-state index is 13.4. The van der Waals surface area contributed by atoms with Crippen LogP contribution in [0, 0.1) is 11.8 Å². The van der Waals surface area contributed by atoms with Crippen LogP contribution < -0.4 is 37.0 Å². The first kappa shape index (κ1) is 43.1. The second-order valence-corrected chi connectivity index (χ2v) is 15.2. The van der Waals surface area contributed by atoms with Gasteiger partial charge in [-0.05, 0) is 77.4 Å². The van der Waals surface area contributed by atoms with Crippen LogP contribution in [0.25, 0.3) is 45.6 Å². The van der Waals surface area contributed by atoms with Gasteiger partial charge in [0.2, 0.25) is 0 Å². The second-order valence-electron chi connectivity index (χ2n) is 14.5. The molecule has 5 aromatic carbocycles. The molecule has 0 unspecified atom stereocenters. The molecule has 15 nitrogen and oxygen atoms in total. The van der Waals surface area contributed by atoms with Crippen LogP contribution in [-0.4, -0.2) is 56.7 Å². The number of rotatable bonds is 9. The minimum Gasteiger partial charge on any atom is -0.508 e. The number of carbonyl (C=O) groups excluding carboxylic acids is 2. The van der Waals surface area contributed by atoms with Crippen LogP contribution in [0.1, 0.15) is 58.1 Å². The van der Waals surface area contributed by atoms with E-state index in [1.54, 1.807) is 36.4 Å². The molecule has 0 fully saturated rings. The maximum atomic E-state index is 13.4. The summed E-state index contributed by atoms with van der Waals surface area (Å²) >= 11 is 13.5. The van der Waals surface area contributed by atoms with Crippen molar-refractivity contribution in [3.8, 4) is 51.5 Å². The molecule has 322 valence electrons. The Labute approximate surface area is 375 Å². The Morgan fingerprint density at radius 2 is 1.51 bits per heavy atom. The molecule has 0 saturated carbocycles. The fourth-order valence-electron chi connectivity index (χ4n) is 7.52. The van der Waals surface area contributed by atoms with Gasteiger partial charge in [0.15, 0.2) is 5.43 Å². The molecule has 0 aromatic heterocycles. The average molecular weight is 911 g/mol. The normalized spacial score (nSPS) is 11.4. The highest BCUT2D eigenvalue weighted by atomic mass is 35.5. The number of halogens is 2. The SMILES string of the molecule is C=c1ccc2c(c1)Oc1cc(N)ccc1C=2c1c(Cl)cc(C(=O)NCC#CC(=O)NCc2c3oc4cc(O)ccc4c(-c4ccc(C(=O)O)cc4C(=O)O)c-3ccc2=O)c(Cl)c1C(=O)O. The number of nitrogens with two attached hydrogens (primary N) is 1. The number of aromatic hydroxyl groups is 1. The van der Waals surface area contributed by atoms with Gasteiger partial charge in [-0.25, -0.2) is 14.4 Å². The predicted octanol–water partition coefficient (Wildman–Crippen LogP) is 6.07. The lowest BCUT2D eigenvalue weighted by atomic mass is 9.88. The van der Waals surface area contributed by atoms with Gasteiger partial charge in [-0.15, -0.1) is 0 Å². The van der Waals surface area contributed by atoms with Crippen LogP contribution in [0.3, 0.4) is 0 Å². The van der Waals surface area contributed by atoms with E-state index in [-0.39, 0.29) is 66.6 Å². The molecule has 8 N–H and O–H groups in total. The first-order valence-corrected chi connectivity index (χ1v) is 19.8. The lowest BCUT2D eigenvalue weighted by molar-refractivity contribution is -0.115. The quantitative estimate of drug-likeness (QED) is 0.0494. The number of carbonyl (C=O) groups is 5. The van der Waals surface area contributed by atoms with Gasteiger partial charge < -0.3 is 45.9 Å². The van der Waals surface area contributed by atoms with Gasteiger partial charge in [0.1, 0.15) is 28.6 Å². The molecule has 1 aliphatic carbocycles. The summed E-state index contributed by atoms with van der Waals surface area (Å²) in [5, 5.41) is 46.2. The van der Waals surface area contributed by atoms with E-state index in [0.717, 1.165) is 6.07 Å². The molecule has 0 atom stereocenters. The molecule has 2 amide bonds. The third-order valence-electron chi connectivity index (χ3n) is 10.4. The van der Waals surface area contributed by atoms with Crippen LogP contribution >= 0.6 is 23.2 Å². The topological polar surface area (TPSA) is 256 Å². The van der Waals surface area contributed by atoms with Crippen LogP contribution in [0.5, 0.6) is 17.2 Å². The van der Waals surface area contributed by atoms with Gasteiger partial charge in [-0.1, -0.05) is 53.9 Å². The molecule has 2 aliphatic heterocycles. The Bertz CT molecular complexity index is 3500. The average Bonchev–Trinajstić information content (AvgIpc) is 3.25. The lowest BCUT2D eigenvalue weighted by Gasteiger charge is -2.24. The van der Waals surface area contributed by atoms with E-state index in [9.17, 15) is 49.2 Å². The highest BCUT2D eigenvalue weighted by Gasteiger charge is 2.31. The lowest BCUT2D eigenvalue weighted by Crippen LogP contribution is -2.27. The number of hydrogen-bond donors (Lipinski definition) is 7. The summed E-state index contributed by atoms with van der Waals surface area (Å²) < 4.78 is 12.2. The molecule has 0 bridgehead atoms. The van der Waals surface area contributed by atoms with Crippen molar-refractivity contribution < 1.29 is 53.6 Å². The number of benzene rings is 6. The van der Waals surface area contributed by atoms with Gasteiger partial charge >= 0.3 is 17.9 Å². The molecule has 17 heteroatoms. The van der Waals surface area contributed by atoms with Gasteiger partial charge in [-0.2, -0.15) is 0 Å². The highest BCUT2D eigenvalue weighted by Crippen LogP contribution is 2.45. The fraction of sp³-hybridized carbons (Fsp3) is 0.0417. The van der Waals surface area contributed by atoms with E-state index in [0.29, 0.717) is 44.1 Å². The predicted molar refractivity (Wildman–Crippen MR) is 239 cm³/mol. The van der Waals surface area contributed by atoms with Gasteiger partial charge in [0.05, 0.1) is 51.0 Å². The van der Waals surface area contributed by atoms with Crippen molar-refractivity contribution in [2.45, 2.75) is 6.54 Å². The number of fused-ring (bicyclic) bond motifs is 4. The summed E-state index contributed by atoms with van der Waals surface area (Å²) in [6.45, 7) is 3.08. The van der Waals surface area contributed by atoms with Crippen LogP contribution in [0.2, 0.25) is 10.0 Å². The van der Waals surface area contributed by atoms with E-state index in [2.05, 4.69) is 29.1 Å². The number of hydrogen-bond acceptors (Lipinski definition) is 10. The van der Waals surface area contributed by atoms with Crippen molar-refractivity contribution in [3.63, 3.8) is 0 Å². The number of nitrogen functional groups attached to an aromatic ring is 1. The zero-order valence-electron chi connectivity index (χ0n) is 33.2. The fourth-order valence-corrected chi connectivity index (χ4v) is 8.14. The van der Waals surface area contributed by atoms with Crippen LogP contribution in [0.4, 0.5) is 5.69 Å². The van der Waals surface area contributed by atoms with Crippen molar-refractivity contribution in [2.24, 2.45) is 0 Å². The molecule has 65 heavy (non-hydrogen) atoms. The standard InChI is InChI=1S/C48H29Cl2N3O12/c1-21-4-8-27-35(15-21)64-36-17-23(51)6-10-28(36)40(27)41-33(49)19-31(43(50)42(41)48(62)63)45(57)52-14-2-3-38(56)53-20-32-34(55)13-12-29-39(26-11-7-24(54)18-37(26)65-44(29)32)25-9-5-22(46(58)59)16-30(25)47(60)61/h4-13,15-19,54H,1,14,20,51H2,(H,52,57)(H,53,56)(H,58,59)(H,60,61)(H,62,63). The number of phenols is 1. The number of aromatic carboxylic acids is 3. The molecular formula is C48H29Cl2N3O12. The second kappa shape index (κ2) is 16.9. The first-order valence-electron chi connectivity index (χ1n) is 19.1. The Kier molecular flexibility index (Phi) is 11.2. The molecule has 0 radical (unpaired) electrons. The molecule has 5 aromatic rings. The van der Waals surface area contributed by atoms with Crippen molar-refractivity contribution in [3.05, 3.63) is 161 Å². The molecule has 0 spiro atoms. The summed E-state index contributed by atoms with van der Waals surface area (Å²) in [4.78, 5) is 76.6. The molecule has 8 rings (SSSR count). The van der Waals surface area contributed by atoms with Crippen molar-refractivity contribution in [1.29, 1.82) is 0 Å². The summed E-state index contributed by atoms with van der Waals surface area (Å²) in [6.07, 6.45) is 0. The van der Waals surface area contributed by atoms with Crippen molar-refractivity contribution >= 4 is 81.7 Å². The molecular weight excluding hydrogens is 881 g/mol. The maximum Gasteiger partial charge on any atom is 0.337 e. The molecule has 0 saturated heterocycles. The summed E-state index contributed by atoms with van der Waals surface area (Å²) in [7, 11) is 0. The smallest absolute Gasteiger partial charge is 0.337 e. The third-order valence-corrected chi connectivity index (χ3v) is 11.1. The van der Waals surface area contributed by atoms with E-state index in [4.69, 9.17) is 38.1 Å². The Balaban J connectivity index is 1.05. The van der Waals surface area contributed by atoms with Gasteiger partial charge in [-0.3, -0.25) is 14.4 Å². The summed E-state index contributed by atoms with van der Waals surface area (Å²) in [6, 6.07) is 21.3. The minimum absolute atomic E-state index is 0.0201. The van der Waals surface area contributed by atoms with Crippen LogP contribution in [-0.2, 0) is 11.3 Å². The number of nitrogens with one attached hydrogen (secondary N) is 2. The highest BCUT2D eigenvalue weighted by molar-refractivity contribution is 6.40. The molecule has 3 aliphatic rings.